The van der Waals surface area contributed by atoms with Crippen LogP contribution in [0.15, 0.2) is 30.3 Å². The average molecular weight is 317 g/mol. The molecule has 0 spiro atoms. The molecular formula is C12H8ClF3N4O. The number of carbonyl (C=O) groups is 1. The maximum absolute atomic E-state index is 12.6. The van der Waals surface area contributed by atoms with Crippen LogP contribution in [-0.2, 0) is 6.18 Å². The van der Waals surface area contributed by atoms with Crippen molar-refractivity contribution in [1.29, 1.82) is 0 Å². The van der Waals surface area contributed by atoms with Gasteiger partial charge in [-0.3, -0.25) is 4.79 Å². The number of amides is 1. The second kappa shape index (κ2) is 5.57. The Labute approximate surface area is 121 Å². The predicted octanol–water partition coefficient (Wildman–Crippen LogP) is 2.98. The summed E-state index contributed by atoms with van der Waals surface area (Å²) in [5, 5.41) is 9.21. The van der Waals surface area contributed by atoms with E-state index in [0.717, 1.165) is 18.2 Å². The molecule has 0 aliphatic rings. The largest absolute Gasteiger partial charge is 0.416 e. The molecule has 2 aromatic rings. The van der Waals surface area contributed by atoms with Crippen molar-refractivity contribution in [2.45, 2.75) is 6.18 Å². The first-order chi connectivity index (χ1) is 9.77. The van der Waals surface area contributed by atoms with E-state index in [-0.39, 0.29) is 22.2 Å². The van der Waals surface area contributed by atoms with Gasteiger partial charge in [-0.25, -0.2) is 0 Å². The van der Waals surface area contributed by atoms with Gasteiger partial charge in [0, 0.05) is 0 Å². The number of nitrogens with two attached hydrogens (primary N) is 1. The molecule has 0 saturated carbocycles. The fourth-order valence-electron chi connectivity index (χ4n) is 1.45. The van der Waals surface area contributed by atoms with Crippen LogP contribution in [0.3, 0.4) is 0 Å². The van der Waals surface area contributed by atoms with Crippen LogP contribution >= 0.6 is 11.6 Å². The summed E-state index contributed by atoms with van der Waals surface area (Å²) in [5.41, 5.74) is 4.12. The Balaban J connectivity index is 2.26. The number of hydrogen-bond donors (Lipinski definition) is 2. The van der Waals surface area contributed by atoms with E-state index in [0.29, 0.717) is 0 Å². The lowest BCUT2D eigenvalue weighted by molar-refractivity contribution is -0.137. The lowest BCUT2D eigenvalue weighted by Gasteiger charge is -2.11. The van der Waals surface area contributed by atoms with Gasteiger partial charge in [0.1, 0.15) is 5.82 Å². The number of benzene rings is 1. The normalized spacial score (nSPS) is 11.2. The van der Waals surface area contributed by atoms with Crippen LogP contribution in [-0.4, -0.2) is 16.1 Å². The zero-order valence-electron chi connectivity index (χ0n) is 10.3. The summed E-state index contributed by atoms with van der Waals surface area (Å²) in [6, 6.07) is 5.25. The van der Waals surface area contributed by atoms with Crippen molar-refractivity contribution in [3.8, 4) is 0 Å². The van der Waals surface area contributed by atoms with Crippen molar-refractivity contribution in [3.63, 3.8) is 0 Å². The highest BCUT2D eigenvalue weighted by atomic mass is 35.5. The fraction of sp³-hybridized carbons (Fsp3) is 0.0833. The van der Waals surface area contributed by atoms with E-state index in [4.69, 9.17) is 17.3 Å². The molecule has 0 aliphatic heterocycles. The van der Waals surface area contributed by atoms with Gasteiger partial charge >= 0.3 is 6.18 Å². The number of alkyl halides is 3. The molecule has 1 aromatic carbocycles. The molecule has 0 unspecified atom stereocenters. The first-order valence-corrected chi connectivity index (χ1v) is 5.92. The standard InChI is InChI=1S/C12H8ClF3N4O/c13-7-2-1-6(12(14,15)16)5-9(7)18-11(21)8-3-4-10(17)20-19-8/h1-5H,(H2,17,20)(H,18,21). The quantitative estimate of drug-likeness (QED) is 0.892. The van der Waals surface area contributed by atoms with Gasteiger partial charge in [0.05, 0.1) is 16.3 Å². The Bertz CT molecular complexity index is 673. The highest BCUT2D eigenvalue weighted by Crippen LogP contribution is 2.33. The van der Waals surface area contributed by atoms with E-state index in [1.165, 1.54) is 12.1 Å². The highest BCUT2D eigenvalue weighted by Gasteiger charge is 2.31. The van der Waals surface area contributed by atoms with E-state index in [9.17, 15) is 18.0 Å². The number of halogens is 4. The minimum absolute atomic E-state index is 0.0280. The van der Waals surface area contributed by atoms with E-state index >= 15 is 0 Å². The van der Waals surface area contributed by atoms with Crippen LogP contribution in [0.5, 0.6) is 0 Å². The molecule has 2 rings (SSSR count). The van der Waals surface area contributed by atoms with Gasteiger partial charge < -0.3 is 11.1 Å². The van der Waals surface area contributed by atoms with Crippen molar-refractivity contribution >= 4 is 29.0 Å². The maximum atomic E-state index is 12.6. The zero-order chi connectivity index (χ0) is 15.6. The van der Waals surface area contributed by atoms with E-state index in [2.05, 4.69) is 15.5 Å². The third-order valence-electron chi connectivity index (χ3n) is 2.46. The van der Waals surface area contributed by atoms with Crippen molar-refractivity contribution < 1.29 is 18.0 Å². The van der Waals surface area contributed by atoms with Gasteiger partial charge in [0.2, 0.25) is 0 Å². The second-order valence-corrected chi connectivity index (χ2v) is 4.40. The third-order valence-corrected chi connectivity index (χ3v) is 2.79. The Morgan fingerprint density at radius 3 is 2.48 bits per heavy atom. The van der Waals surface area contributed by atoms with E-state index in [1.54, 1.807) is 0 Å². The van der Waals surface area contributed by atoms with Crippen molar-refractivity contribution in [3.05, 3.63) is 46.6 Å². The monoisotopic (exact) mass is 316 g/mol. The van der Waals surface area contributed by atoms with Crippen LogP contribution in [0.25, 0.3) is 0 Å². The molecule has 1 amide bonds. The lowest BCUT2D eigenvalue weighted by Crippen LogP contribution is -2.15. The molecule has 21 heavy (non-hydrogen) atoms. The molecule has 0 radical (unpaired) electrons. The van der Waals surface area contributed by atoms with Crippen LogP contribution in [0, 0.1) is 0 Å². The predicted molar refractivity (Wildman–Crippen MR) is 70.9 cm³/mol. The van der Waals surface area contributed by atoms with Crippen molar-refractivity contribution in [2.24, 2.45) is 0 Å². The van der Waals surface area contributed by atoms with Gasteiger partial charge in [0.15, 0.2) is 5.69 Å². The summed E-state index contributed by atoms with van der Waals surface area (Å²) in [4.78, 5) is 11.8. The van der Waals surface area contributed by atoms with Crippen molar-refractivity contribution in [2.75, 3.05) is 11.1 Å². The van der Waals surface area contributed by atoms with Crippen LogP contribution in [0.1, 0.15) is 16.1 Å². The van der Waals surface area contributed by atoms with Gasteiger partial charge in [-0.05, 0) is 30.3 Å². The second-order valence-electron chi connectivity index (χ2n) is 3.99. The minimum Gasteiger partial charge on any atom is -0.382 e. The Morgan fingerprint density at radius 1 is 1.19 bits per heavy atom. The first-order valence-electron chi connectivity index (χ1n) is 5.54. The fourth-order valence-corrected chi connectivity index (χ4v) is 1.61. The number of nitrogens with one attached hydrogen (secondary N) is 1. The SMILES string of the molecule is Nc1ccc(C(=O)Nc2cc(C(F)(F)F)ccc2Cl)nn1. The number of nitrogen functional groups attached to an aromatic ring is 1. The van der Waals surface area contributed by atoms with Crippen LogP contribution in [0.4, 0.5) is 24.7 Å². The van der Waals surface area contributed by atoms with Gasteiger partial charge in [-0.2, -0.15) is 13.2 Å². The molecular weight excluding hydrogens is 309 g/mol. The smallest absolute Gasteiger partial charge is 0.382 e. The molecule has 110 valence electrons. The molecule has 0 fully saturated rings. The minimum atomic E-state index is -4.54. The van der Waals surface area contributed by atoms with Gasteiger partial charge in [-0.1, -0.05) is 11.6 Å². The third kappa shape index (κ3) is 3.60. The summed E-state index contributed by atoms with van der Waals surface area (Å²) < 4.78 is 37.8. The Morgan fingerprint density at radius 2 is 1.90 bits per heavy atom. The molecule has 0 bridgehead atoms. The van der Waals surface area contributed by atoms with E-state index in [1.807, 2.05) is 0 Å². The average Bonchev–Trinajstić information content (AvgIpc) is 2.40. The van der Waals surface area contributed by atoms with Gasteiger partial charge in [0.25, 0.3) is 5.91 Å². The summed E-state index contributed by atoms with van der Waals surface area (Å²) in [6.07, 6.45) is -4.54. The van der Waals surface area contributed by atoms with E-state index < -0.39 is 17.6 Å². The number of hydrogen-bond acceptors (Lipinski definition) is 4. The number of carbonyl (C=O) groups excluding carboxylic acids is 1. The maximum Gasteiger partial charge on any atom is 0.416 e. The molecule has 0 aliphatic carbocycles. The first kappa shape index (κ1) is 15.0. The van der Waals surface area contributed by atoms with Gasteiger partial charge in [-0.15, -0.1) is 10.2 Å². The molecule has 0 atom stereocenters. The Kier molecular flexibility index (Phi) is 3.99. The van der Waals surface area contributed by atoms with Crippen LogP contribution < -0.4 is 11.1 Å². The number of aromatic nitrogens is 2. The summed E-state index contributed by atoms with van der Waals surface area (Å²) in [7, 11) is 0. The zero-order valence-corrected chi connectivity index (χ0v) is 11.0. The molecule has 3 N–H and O–H groups in total. The number of anilines is 2. The summed E-state index contributed by atoms with van der Waals surface area (Å²) in [6.45, 7) is 0. The molecule has 1 aromatic heterocycles. The molecule has 5 nitrogen and oxygen atoms in total. The van der Waals surface area contributed by atoms with Crippen molar-refractivity contribution in [1.82, 2.24) is 10.2 Å². The lowest BCUT2D eigenvalue weighted by atomic mass is 10.2. The van der Waals surface area contributed by atoms with Crippen LogP contribution in [0.2, 0.25) is 5.02 Å². The Hall–Kier alpha value is -2.35. The molecule has 9 heteroatoms. The number of nitrogens with zero attached hydrogens (tertiary/aromatic N) is 2. The molecule has 1 heterocycles. The topological polar surface area (TPSA) is 80.9 Å². The number of rotatable bonds is 2. The summed E-state index contributed by atoms with van der Waals surface area (Å²) >= 11 is 5.76. The highest BCUT2D eigenvalue weighted by molar-refractivity contribution is 6.33. The summed E-state index contributed by atoms with van der Waals surface area (Å²) in [5.74, 6) is -0.632. The molecule has 0 saturated heterocycles.